The van der Waals surface area contributed by atoms with Gasteiger partial charge in [-0.25, -0.2) is 19.9 Å². The molecule has 2 atom stereocenters. The number of hydrogen-bond donors (Lipinski definition) is 6. The molecule has 0 fully saturated rings. The van der Waals surface area contributed by atoms with Crippen molar-refractivity contribution in [3.8, 4) is 28.3 Å². The van der Waals surface area contributed by atoms with E-state index in [2.05, 4.69) is 49.1 Å². The third-order valence-electron chi connectivity index (χ3n) is 11.2. The molecule has 0 radical (unpaired) electrons. The number of nitrogens with one attached hydrogen (secondary N) is 4. The zero-order chi connectivity index (χ0) is 40.1. The lowest BCUT2D eigenvalue weighted by molar-refractivity contribution is -0.00773. The molecule has 0 amide bonds. The molecule has 1 aliphatic heterocycles. The van der Waals surface area contributed by atoms with E-state index in [1.165, 1.54) is 0 Å². The average Bonchev–Trinajstić information content (AvgIpc) is 4.05. The van der Waals surface area contributed by atoms with Crippen LogP contribution in [0, 0.1) is 0 Å². The van der Waals surface area contributed by atoms with Gasteiger partial charge in [0.15, 0.2) is 22.9 Å². The normalized spacial score (nSPS) is 14.6. The van der Waals surface area contributed by atoms with Gasteiger partial charge in [0.05, 0.1) is 28.3 Å². The number of H-pyrrole nitrogens is 1. The van der Waals surface area contributed by atoms with Crippen LogP contribution >= 0.6 is 0 Å². The third-order valence-corrected chi connectivity index (χ3v) is 11.2. The van der Waals surface area contributed by atoms with E-state index in [1.807, 2.05) is 113 Å². The van der Waals surface area contributed by atoms with Gasteiger partial charge in [-0.15, -0.1) is 0 Å². The van der Waals surface area contributed by atoms with Crippen molar-refractivity contribution in [1.29, 1.82) is 0 Å². The Bertz CT molecular complexity index is 2970. The molecule has 0 saturated carbocycles. The van der Waals surface area contributed by atoms with Crippen molar-refractivity contribution in [2.45, 2.75) is 37.9 Å². The molecule has 9 aromatic rings. The topological polar surface area (TPSA) is 162 Å². The molecule has 1 aliphatic rings. The molecular formula is C46H42N10O3. The smallest absolute Gasteiger partial charge is 0.180 e. The second-order valence-electron chi connectivity index (χ2n) is 15.5. The first kappa shape index (κ1) is 36.1. The summed E-state index contributed by atoms with van der Waals surface area (Å²) in [6.45, 7) is 4.96. The highest BCUT2D eigenvalue weighted by Crippen LogP contribution is 2.36. The van der Waals surface area contributed by atoms with Crippen LogP contribution in [0.2, 0.25) is 0 Å². The first-order valence-corrected chi connectivity index (χ1v) is 19.6. The molecule has 294 valence electrons. The Hall–Kier alpha value is -7.22. The van der Waals surface area contributed by atoms with Gasteiger partial charge in [-0.05, 0) is 91.7 Å². The SMILES string of the molecule is CC(O)(CCC(C)(O)c1ccc(Nc2nc(-c3ccc4cc[nH]c4c3)cn3ccnc23)cc1)c1ccc(Nc2nc(-c3ccc4c(c3)OCCN4)cn3ccnc23)cc1. The fourth-order valence-electron chi connectivity index (χ4n) is 7.68. The van der Waals surface area contributed by atoms with E-state index in [4.69, 9.17) is 14.7 Å². The highest BCUT2D eigenvalue weighted by Gasteiger charge is 2.30. The number of fused-ring (bicyclic) bond motifs is 4. The summed E-state index contributed by atoms with van der Waals surface area (Å²) < 4.78 is 9.77. The first-order chi connectivity index (χ1) is 28.6. The van der Waals surface area contributed by atoms with Crippen LogP contribution in [-0.4, -0.2) is 57.1 Å². The molecule has 0 spiro atoms. The van der Waals surface area contributed by atoms with E-state index in [0.29, 0.717) is 42.4 Å². The van der Waals surface area contributed by atoms with Gasteiger partial charge in [0.2, 0.25) is 0 Å². The Balaban J connectivity index is 0.811. The lowest BCUT2D eigenvalue weighted by Crippen LogP contribution is -2.28. The van der Waals surface area contributed by atoms with Gasteiger partial charge in [-0.2, -0.15) is 0 Å². The molecule has 10 rings (SSSR count). The van der Waals surface area contributed by atoms with Crippen molar-refractivity contribution < 1.29 is 14.9 Å². The maximum Gasteiger partial charge on any atom is 0.180 e. The maximum absolute atomic E-state index is 11.7. The molecule has 5 aromatic heterocycles. The number of benzene rings is 4. The summed E-state index contributed by atoms with van der Waals surface area (Å²) in [6, 6.07) is 29.6. The van der Waals surface area contributed by atoms with Gasteiger partial charge < -0.3 is 44.7 Å². The predicted molar refractivity (Wildman–Crippen MR) is 231 cm³/mol. The van der Waals surface area contributed by atoms with Crippen LogP contribution in [-0.2, 0) is 11.2 Å². The predicted octanol–water partition coefficient (Wildman–Crippen LogP) is 8.77. The standard InChI is InChI=1S/C46H42N10O3/c1-45(57,32-6-10-34(11-7-32)51-41-43-49-19-22-55(43)27-38(53-41)30-4-3-29-15-18-47-37(29)25-30)16-17-46(2,58)33-8-12-35(13-9-33)52-42-44-50-20-23-56(44)28-39(54-42)31-5-14-36-40(26-31)59-24-21-48-36/h3-15,18-20,22-23,25-28,47-48,57-58H,16-17,21,24H2,1-2H3,(H,51,53)(H,52,54). The fraction of sp³-hybridized carbons (Fsp3) is 0.174. The Kier molecular flexibility index (Phi) is 8.77. The monoisotopic (exact) mass is 782 g/mol. The van der Waals surface area contributed by atoms with E-state index >= 15 is 0 Å². The summed E-state index contributed by atoms with van der Waals surface area (Å²) in [4.78, 5) is 22.2. The Morgan fingerprint density at radius 2 is 1.25 bits per heavy atom. The van der Waals surface area contributed by atoms with Gasteiger partial charge in [0.25, 0.3) is 0 Å². The quantitative estimate of drug-likeness (QED) is 0.0748. The van der Waals surface area contributed by atoms with Crippen LogP contribution in [0.15, 0.2) is 134 Å². The molecule has 2 unspecified atom stereocenters. The Morgan fingerprint density at radius 3 is 1.85 bits per heavy atom. The number of ether oxygens (including phenoxy) is 1. The van der Waals surface area contributed by atoms with E-state index in [-0.39, 0.29) is 0 Å². The van der Waals surface area contributed by atoms with Gasteiger partial charge in [0.1, 0.15) is 12.4 Å². The summed E-state index contributed by atoms with van der Waals surface area (Å²) >= 11 is 0. The lowest BCUT2D eigenvalue weighted by Gasteiger charge is -2.30. The summed E-state index contributed by atoms with van der Waals surface area (Å²) in [5.41, 5.74) is 7.59. The number of aromatic amines is 1. The molecule has 6 heterocycles. The zero-order valence-electron chi connectivity index (χ0n) is 32.5. The average molecular weight is 783 g/mol. The minimum absolute atomic E-state index is 0.327. The van der Waals surface area contributed by atoms with Crippen LogP contribution in [0.25, 0.3) is 44.7 Å². The highest BCUT2D eigenvalue weighted by atomic mass is 16.5. The first-order valence-electron chi connectivity index (χ1n) is 19.6. The van der Waals surface area contributed by atoms with E-state index < -0.39 is 11.2 Å². The van der Waals surface area contributed by atoms with Crippen molar-refractivity contribution >= 4 is 50.9 Å². The molecule has 13 heteroatoms. The van der Waals surface area contributed by atoms with E-state index in [9.17, 15) is 10.2 Å². The van der Waals surface area contributed by atoms with Crippen molar-refractivity contribution in [2.75, 3.05) is 29.1 Å². The zero-order valence-corrected chi connectivity index (χ0v) is 32.5. The maximum atomic E-state index is 11.7. The van der Waals surface area contributed by atoms with Crippen LogP contribution < -0.4 is 20.7 Å². The van der Waals surface area contributed by atoms with Crippen molar-refractivity contribution in [1.82, 2.24) is 33.7 Å². The Labute approximate surface area is 339 Å². The minimum Gasteiger partial charge on any atom is -0.490 e. The fourth-order valence-corrected chi connectivity index (χ4v) is 7.68. The van der Waals surface area contributed by atoms with Crippen molar-refractivity contribution in [3.63, 3.8) is 0 Å². The lowest BCUT2D eigenvalue weighted by atomic mass is 9.83. The third kappa shape index (κ3) is 7.06. The largest absolute Gasteiger partial charge is 0.490 e. The van der Waals surface area contributed by atoms with Crippen LogP contribution in [0.1, 0.15) is 37.8 Å². The van der Waals surface area contributed by atoms with Gasteiger partial charge in [-0.3, -0.25) is 0 Å². The summed E-state index contributed by atoms with van der Waals surface area (Å²) in [5, 5.41) is 34.7. The van der Waals surface area contributed by atoms with Gasteiger partial charge in [-0.1, -0.05) is 42.5 Å². The number of imidazole rings is 2. The molecule has 6 N–H and O–H groups in total. The number of rotatable bonds is 11. The van der Waals surface area contributed by atoms with Crippen LogP contribution in [0.3, 0.4) is 0 Å². The molecule has 13 nitrogen and oxygen atoms in total. The highest BCUT2D eigenvalue weighted by molar-refractivity contribution is 5.85. The van der Waals surface area contributed by atoms with Crippen molar-refractivity contribution in [2.24, 2.45) is 0 Å². The van der Waals surface area contributed by atoms with Crippen LogP contribution in [0.4, 0.5) is 28.7 Å². The molecule has 0 aliphatic carbocycles. The second kappa shape index (κ2) is 14.3. The number of nitrogens with zero attached hydrogens (tertiary/aromatic N) is 6. The van der Waals surface area contributed by atoms with Crippen molar-refractivity contribution in [3.05, 3.63) is 146 Å². The summed E-state index contributed by atoms with van der Waals surface area (Å²) in [5.74, 6) is 2.03. The number of aromatic nitrogens is 7. The van der Waals surface area contributed by atoms with E-state index in [1.54, 1.807) is 26.2 Å². The summed E-state index contributed by atoms with van der Waals surface area (Å²) in [6.07, 6.45) is 13.8. The number of anilines is 5. The number of aliphatic hydroxyl groups is 2. The molecule has 0 bridgehead atoms. The van der Waals surface area contributed by atoms with Crippen LogP contribution in [0.5, 0.6) is 5.75 Å². The summed E-state index contributed by atoms with van der Waals surface area (Å²) in [7, 11) is 0. The molecule has 4 aromatic carbocycles. The Morgan fingerprint density at radius 1 is 0.695 bits per heavy atom. The number of hydrogen-bond acceptors (Lipinski definition) is 10. The second-order valence-corrected chi connectivity index (χ2v) is 15.5. The minimum atomic E-state index is -1.19. The molecular weight excluding hydrogens is 741 g/mol. The van der Waals surface area contributed by atoms with E-state index in [0.717, 1.165) is 73.9 Å². The van der Waals surface area contributed by atoms with Gasteiger partial charge >= 0.3 is 0 Å². The molecule has 59 heavy (non-hydrogen) atoms. The molecule has 0 saturated heterocycles. The van der Waals surface area contributed by atoms with Gasteiger partial charge in [0, 0.05) is 77.9 Å².